The molecule has 1 saturated carbocycles. The lowest BCUT2D eigenvalue weighted by molar-refractivity contribution is 0.107. The Bertz CT molecular complexity index is 341. The van der Waals surface area contributed by atoms with Gasteiger partial charge in [-0.15, -0.1) is 0 Å². The highest BCUT2D eigenvalue weighted by atomic mass is 32.2. The van der Waals surface area contributed by atoms with E-state index in [1.807, 2.05) is 6.92 Å². The van der Waals surface area contributed by atoms with E-state index in [4.69, 9.17) is 4.74 Å². The maximum atomic E-state index is 11.7. The number of hydrogen-bond acceptors (Lipinski definition) is 4. The Morgan fingerprint density at radius 1 is 1.29 bits per heavy atom. The van der Waals surface area contributed by atoms with Crippen LogP contribution in [0.15, 0.2) is 0 Å². The second-order valence-electron chi connectivity index (χ2n) is 5.02. The molecule has 1 saturated heterocycles. The Balaban J connectivity index is 1.65. The van der Waals surface area contributed by atoms with Crippen LogP contribution in [0, 0.1) is 5.92 Å². The Labute approximate surface area is 103 Å². The van der Waals surface area contributed by atoms with E-state index in [0.717, 1.165) is 13.0 Å². The van der Waals surface area contributed by atoms with Gasteiger partial charge in [0.2, 0.25) is 10.0 Å². The van der Waals surface area contributed by atoms with Gasteiger partial charge in [-0.1, -0.05) is 0 Å². The lowest BCUT2D eigenvalue weighted by atomic mass is 10.0. The zero-order chi connectivity index (χ0) is 12.3. The van der Waals surface area contributed by atoms with Gasteiger partial charge in [0.15, 0.2) is 0 Å². The van der Waals surface area contributed by atoms with Gasteiger partial charge in [-0.3, -0.25) is 0 Å². The normalized spacial score (nSPS) is 29.7. The van der Waals surface area contributed by atoms with Crippen LogP contribution < -0.4 is 10.0 Å². The Hall–Kier alpha value is -0.170. The van der Waals surface area contributed by atoms with Crippen molar-refractivity contribution in [1.29, 1.82) is 0 Å². The van der Waals surface area contributed by atoms with Crippen LogP contribution in [0.4, 0.5) is 0 Å². The minimum absolute atomic E-state index is 0.169. The number of nitrogens with one attached hydrogen (secondary N) is 2. The smallest absolute Gasteiger partial charge is 0.212 e. The molecule has 2 fully saturated rings. The third kappa shape index (κ3) is 4.54. The summed E-state index contributed by atoms with van der Waals surface area (Å²) in [5, 5.41) is 3.21. The molecule has 2 atom stereocenters. The van der Waals surface area contributed by atoms with E-state index in [1.54, 1.807) is 0 Å². The van der Waals surface area contributed by atoms with E-state index in [1.165, 1.54) is 12.8 Å². The number of sulfonamides is 1. The number of ether oxygens (including phenoxy) is 1. The van der Waals surface area contributed by atoms with Gasteiger partial charge < -0.3 is 10.1 Å². The van der Waals surface area contributed by atoms with Crippen molar-refractivity contribution < 1.29 is 13.2 Å². The molecule has 5 nitrogen and oxygen atoms in total. The van der Waals surface area contributed by atoms with Crippen molar-refractivity contribution in [1.82, 2.24) is 10.0 Å². The van der Waals surface area contributed by atoms with Gasteiger partial charge in [-0.05, 0) is 26.2 Å². The summed E-state index contributed by atoms with van der Waals surface area (Å²) in [6.07, 6.45) is 3.49. The summed E-state index contributed by atoms with van der Waals surface area (Å²) in [7, 11) is -3.13. The van der Waals surface area contributed by atoms with Gasteiger partial charge in [0.05, 0.1) is 11.9 Å². The van der Waals surface area contributed by atoms with Gasteiger partial charge in [0, 0.05) is 31.7 Å². The maximum Gasteiger partial charge on any atom is 0.212 e. The summed E-state index contributed by atoms with van der Waals surface area (Å²) < 4.78 is 31.5. The number of rotatable bonds is 7. The van der Waals surface area contributed by atoms with Crippen LogP contribution in [0.2, 0.25) is 0 Å². The average molecular weight is 262 g/mol. The molecule has 1 heterocycles. The quantitative estimate of drug-likeness (QED) is 0.682. The van der Waals surface area contributed by atoms with Crippen molar-refractivity contribution >= 4 is 10.0 Å². The zero-order valence-corrected chi connectivity index (χ0v) is 11.1. The predicted octanol–water partition coefficient (Wildman–Crippen LogP) is 0.0828. The summed E-state index contributed by atoms with van der Waals surface area (Å²) >= 11 is 0. The summed E-state index contributed by atoms with van der Waals surface area (Å²) in [5.41, 5.74) is 0. The average Bonchev–Trinajstić information content (AvgIpc) is 2.98. The monoisotopic (exact) mass is 262 g/mol. The fourth-order valence-electron chi connectivity index (χ4n) is 2.04. The van der Waals surface area contributed by atoms with Crippen molar-refractivity contribution in [2.75, 3.05) is 25.4 Å². The molecule has 1 aliphatic carbocycles. The standard InChI is InChI=1S/C11H22N2O3S/c1-9-10(4-6-16-9)8-13-17(14,15)7-5-12-11-2-3-11/h9-13H,2-8H2,1H3. The van der Waals surface area contributed by atoms with E-state index in [2.05, 4.69) is 10.0 Å². The Kier molecular flexibility index (Phi) is 4.41. The van der Waals surface area contributed by atoms with Crippen molar-refractivity contribution in [2.24, 2.45) is 5.92 Å². The predicted molar refractivity (Wildman–Crippen MR) is 66.3 cm³/mol. The van der Waals surface area contributed by atoms with Crippen molar-refractivity contribution in [2.45, 2.75) is 38.3 Å². The van der Waals surface area contributed by atoms with Crippen LogP contribution in [0.3, 0.4) is 0 Å². The largest absolute Gasteiger partial charge is 0.378 e. The fraction of sp³-hybridized carbons (Fsp3) is 1.00. The lowest BCUT2D eigenvalue weighted by Gasteiger charge is -2.15. The van der Waals surface area contributed by atoms with E-state index >= 15 is 0 Å². The van der Waals surface area contributed by atoms with Gasteiger partial charge in [-0.2, -0.15) is 0 Å². The van der Waals surface area contributed by atoms with Crippen molar-refractivity contribution in [3.63, 3.8) is 0 Å². The molecule has 2 N–H and O–H groups in total. The van der Waals surface area contributed by atoms with Crippen LogP contribution in [-0.2, 0) is 14.8 Å². The molecule has 0 aromatic carbocycles. The lowest BCUT2D eigenvalue weighted by Crippen LogP contribution is -2.36. The first-order valence-corrected chi connectivity index (χ1v) is 8.04. The van der Waals surface area contributed by atoms with E-state index in [-0.39, 0.29) is 11.9 Å². The molecule has 2 aliphatic rings. The summed E-state index contributed by atoms with van der Waals surface area (Å²) in [6, 6.07) is 0.563. The fourth-order valence-corrected chi connectivity index (χ4v) is 3.03. The highest BCUT2D eigenvalue weighted by Crippen LogP contribution is 2.19. The molecule has 2 rings (SSSR count). The van der Waals surface area contributed by atoms with E-state index < -0.39 is 10.0 Å². The molecule has 0 amide bonds. The molecule has 17 heavy (non-hydrogen) atoms. The van der Waals surface area contributed by atoms with Crippen molar-refractivity contribution in [3.8, 4) is 0 Å². The number of hydrogen-bond donors (Lipinski definition) is 2. The van der Waals surface area contributed by atoms with Crippen LogP contribution in [-0.4, -0.2) is 46.0 Å². The molecule has 0 bridgehead atoms. The van der Waals surface area contributed by atoms with Gasteiger partial charge in [0.25, 0.3) is 0 Å². The second kappa shape index (κ2) is 5.65. The van der Waals surface area contributed by atoms with Crippen LogP contribution in [0.1, 0.15) is 26.2 Å². The second-order valence-corrected chi connectivity index (χ2v) is 6.95. The minimum atomic E-state index is -3.13. The molecular weight excluding hydrogens is 240 g/mol. The van der Waals surface area contributed by atoms with Gasteiger partial charge in [0.1, 0.15) is 0 Å². The van der Waals surface area contributed by atoms with Crippen LogP contribution >= 0.6 is 0 Å². The molecule has 100 valence electrons. The minimum Gasteiger partial charge on any atom is -0.378 e. The van der Waals surface area contributed by atoms with Crippen LogP contribution in [0.25, 0.3) is 0 Å². The summed E-state index contributed by atoms with van der Waals surface area (Å²) in [5.74, 6) is 0.493. The first kappa shape index (κ1) is 13.3. The Morgan fingerprint density at radius 2 is 2.06 bits per heavy atom. The highest BCUT2D eigenvalue weighted by Gasteiger charge is 2.26. The van der Waals surface area contributed by atoms with E-state index in [0.29, 0.717) is 25.0 Å². The van der Waals surface area contributed by atoms with Gasteiger partial charge >= 0.3 is 0 Å². The summed E-state index contributed by atoms with van der Waals surface area (Å²) in [4.78, 5) is 0. The molecule has 0 radical (unpaired) electrons. The first-order valence-electron chi connectivity index (χ1n) is 6.39. The van der Waals surface area contributed by atoms with Gasteiger partial charge in [-0.25, -0.2) is 13.1 Å². The SMILES string of the molecule is CC1OCCC1CNS(=O)(=O)CCNC1CC1. The molecule has 2 unspecified atom stereocenters. The first-order chi connectivity index (χ1) is 8.07. The maximum absolute atomic E-state index is 11.7. The van der Waals surface area contributed by atoms with E-state index in [9.17, 15) is 8.42 Å². The highest BCUT2D eigenvalue weighted by molar-refractivity contribution is 7.89. The third-order valence-electron chi connectivity index (χ3n) is 3.48. The molecular formula is C11H22N2O3S. The molecule has 1 aliphatic heterocycles. The molecule has 0 aromatic heterocycles. The third-order valence-corrected chi connectivity index (χ3v) is 4.83. The molecule has 0 aromatic rings. The Morgan fingerprint density at radius 3 is 2.65 bits per heavy atom. The topological polar surface area (TPSA) is 67.4 Å². The molecule has 6 heteroatoms. The summed E-state index contributed by atoms with van der Waals surface area (Å²) in [6.45, 7) is 3.81. The zero-order valence-electron chi connectivity index (χ0n) is 10.3. The van der Waals surface area contributed by atoms with Crippen LogP contribution in [0.5, 0.6) is 0 Å². The molecule has 0 spiro atoms. The van der Waals surface area contributed by atoms with Crippen molar-refractivity contribution in [3.05, 3.63) is 0 Å².